The molecule has 0 radical (unpaired) electrons. The number of likely N-dealkylation sites (tertiary alicyclic amines) is 1. The van der Waals surface area contributed by atoms with Crippen LogP contribution in [0.25, 0.3) is 0 Å². The van der Waals surface area contributed by atoms with Crippen LogP contribution in [0.15, 0.2) is 12.1 Å². The molecular weight excluding hydrogens is 230 g/mol. The van der Waals surface area contributed by atoms with Crippen molar-refractivity contribution in [1.82, 2.24) is 4.90 Å². The Hall–Kier alpha value is -0.380. The zero-order valence-electron chi connectivity index (χ0n) is 11.1. The summed E-state index contributed by atoms with van der Waals surface area (Å²) in [6, 6.07) is 4.80. The molecule has 1 aliphatic heterocycles. The molecule has 0 spiro atoms. The third-order valence-corrected chi connectivity index (χ3v) is 4.97. The van der Waals surface area contributed by atoms with E-state index in [0.717, 1.165) is 37.2 Å². The van der Waals surface area contributed by atoms with Crippen molar-refractivity contribution < 1.29 is 5.11 Å². The molecule has 3 heteroatoms. The molecule has 1 saturated heterocycles. The Labute approximate surface area is 108 Å². The van der Waals surface area contributed by atoms with Gasteiger partial charge >= 0.3 is 0 Å². The van der Waals surface area contributed by atoms with Gasteiger partial charge in [0.1, 0.15) is 5.60 Å². The van der Waals surface area contributed by atoms with Gasteiger partial charge in [0.2, 0.25) is 0 Å². The Morgan fingerprint density at radius 3 is 2.65 bits per heavy atom. The highest BCUT2D eigenvalue weighted by molar-refractivity contribution is 7.12. The minimum Gasteiger partial charge on any atom is -0.384 e. The van der Waals surface area contributed by atoms with E-state index in [1.54, 1.807) is 11.3 Å². The zero-order chi connectivity index (χ0) is 12.5. The van der Waals surface area contributed by atoms with E-state index in [0.29, 0.717) is 6.04 Å². The van der Waals surface area contributed by atoms with Gasteiger partial charge in [-0.25, -0.2) is 0 Å². The molecule has 1 fully saturated rings. The molecule has 2 heterocycles. The van der Waals surface area contributed by atoms with E-state index in [-0.39, 0.29) is 0 Å². The molecule has 1 aromatic rings. The van der Waals surface area contributed by atoms with Gasteiger partial charge in [-0.05, 0) is 58.7 Å². The summed E-state index contributed by atoms with van der Waals surface area (Å²) in [6.07, 6.45) is 2.85. The molecule has 1 N–H and O–H groups in total. The van der Waals surface area contributed by atoms with Crippen LogP contribution in [-0.2, 0) is 5.60 Å². The van der Waals surface area contributed by atoms with Gasteiger partial charge in [-0.2, -0.15) is 0 Å². The summed E-state index contributed by atoms with van der Waals surface area (Å²) in [7, 11) is 0. The summed E-state index contributed by atoms with van der Waals surface area (Å²) in [5.74, 6) is 0. The lowest BCUT2D eigenvalue weighted by molar-refractivity contribution is 0.0240. The summed E-state index contributed by atoms with van der Waals surface area (Å²) in [4.78, 5) is 4.91. The average molecular weight is 253 g/mol. The van der Waals surface area contributed by atoms with E-state index in [9.17, 15) is 5.11 Å². The highest BCUT2D eigenvalue weighted by Crippen LogP contribution is 2.36. The van der Waals surface area contributed by atoms with Gasteiger partial charge in [-0.3, -0.25) is 0 Å². The molecule has 2 rings (SSSR count). The molecule has 0 aromatic carbocycles. The van der Waals surface area contributed by atoms with Gasteiger partial charge in [0.05, 0.1) is 0 Å². The minimum absolute atomic E-state index is 0.581. The molecule has 0 amide bonds. The molecule has 96 valence electrons. The van der Waals surface area contributed by atoms with Crippen molar-refractivity contribution >= 4 is 11.3 Å². The van der Waals surface area contributed by atoms with Crippen molar-refractivity contribution in [2.45, 2.75) is 51.7 Å². The van der Waals surface area contributed by atoms with Crippen LogP contribution in [0.2, 0.25) is 0 Å². The fourth-order valence-electron chi connectivity index (χ4n) is 2.59. The van der Waals surface area contributed by atoms with Crippen LogP contribution in [0.4, 0.5) is 0 Å². The monoisotopic (exact) mass is 253 g/mol. The second kappa shape index (κ2) is 5.09. The zero-order valence-corrected chi connectivity index (χ0v) is 11.9. The van der Waals surface area contributed by atoms with E-state index in [2.05, 4.69) is 37.8 Å². The highest BCUT2D eigenvalue weighted by atomic mass is 32.1. The Morgan fingerprint density at radius 2 is 2.06 bits per heavy atom. The van der Waals surface area contributed by atoms with Crippen LogP contribution in [-0.4, -0.2) is 29.1 Å². The smallest absolute Gasteiger partial charge is 0.100 e. The van der Waals surface area contributed by atoms with E-state index in [4.69, 9.17) is 0 Å². The topological polar surface area (TPSA) is 23.5 Å². The molecule has 0 saturated carbocycles. The lowest BCUT2D eigenvalue weighted by atomic mass is 9.93. The largest absolute Gasteiger partial charge is 0.384 e. The molecular formula is C14H23NOS. The van der Waals surface area contributed by atoms with E-state index < -0.39 is 5.60 Å². The number of nitrogens with zero attached hydrogens (tertiary/aromatic N) is 1. The summed E-state index contributed by atoms with van der Waals surface area (Å²) >= 11 is 1.74. The predicted molar refractivity (Wildman–Crippen MR) is 73.5 cm³/mol. The molecule has 17 heavy (non-hydrogen) atoms. The number of hydrogen-bond donors (Lipinski definition) is 1. The maximum Gasteiger partial charge on any atom is 0.100 e. The van der Waals surface area contributed by atoms with Crippen molar-refractivity contribution in [3.05, 3.63) is 21.9 Å². The van der Waals surface area contributed by atoms with Crippen LogP contribution in [0.1, 0.15) is 42.9 Å². The number of rotatable bonds is 2. The third kappa shape index (κ3) is 2.90. The SMILES string of the molecule is Cc1ccc(C2(O)CCCN(C(C)C)CC2)s1. The Bertz CT molecular complexity index is 374. The van der Waals surface area contributed by atoms with Gasteiger partial charge in [-0.1, -0.05) is 0 Å². The molecule has 0 bridgehead atoms. The first-order valence-corrected chi connectivity index (χ1v) is 7.36. The molecule has 1 atom stereocenters. The van der Waals surface area contributed by atoms with Gasteiger partial charge in [-0.15, -0.1) is 11.3 Å². The second-order valence-corrected chi connectivity index (χ2v) is 6.71. The molecule has 1 unspecified atom stereocenters. The summed E-state index contributed by atoms with van der Waals surface area (Å²) in [5.41, 5.74) is -0.581. The van der Waals surface area contributed by atoms with Gasteiger partial charge < -0.3 is 10.0 Å². The summed E-state index contributed by atoms with van der Waals surface area (Å²) in [5, 5.41) is 10.8. The van der Waals surface area contributed by atoms with Gasteiger partial charge in [0.15, 0.2) is 0 Å². The summed E-state index contributed by atoms with van der Waals surface area (Å²) < 4.78 is 0. The first kappa shape index (κ1) is 13.1. The minimum atomic E-state index is -0.581. The van der Waals surface area contributed by atoms with Crippen molar-refractivity contribution in [2.24, 2.45) is 0 Å². The number of aliphatic hydroxyl groups is 1. The first-order chi connectivity index (χ1) is 8.01. The van der Waals surface area contributed by atoms with Crippen molar-refractivity contribution in [1.29, 1.82) is 0 Å². The van der Waals surface area contributed by atoms with Crippen molar-refractivity contribution in [3.8, 4) is 0 Å². The molecule has 1 aromatic heterocycles. The first-order valence-electron chi connectivity index (χ1n) is 6.55. The fraction of sp³-hybridized carbons (Fsp3) is 0.714. The highest BCUT2D eigenvalue weighted by Gasteiger charge is 2.33. The normalized spacial score (nSPS) is 27.4. The van der Waals surface area contributed by atoms with Crippen molar-refractivity contribution in [2.75, 3.05) is 13.1 Å². The molecule has 1 aliphatic rings. The number of aryl methyl sites for hydroxylation is 1. The number of hydrogen-bond acceptors (Lipinski definition) is 3. The average Bonchev–Trinajstić information content (AvgIpc) is 2.59. The third-order valence-electron chi connectivity index (χ3n) is 3.78. The predicted octanol–water partition coefficient (Wildman–Crippen LogP) is 3.14. The van der Waals surface area contributed by atoms with Crippen LogP contribution in [0.5, 0.6) is 0 Å². The molecule has 0 aliphatic carbocycles. The van der Waals surface area contributed by atoms with Gasteiger partial charge in [0, 0.05) is 22.3 Å². The van der Waals surface area contributed by atoms with E-state index >= 15 is 0 Å². The van der Waals surface area contributed by atoms with Crippen LogP contribution in [0.3, 0.4) is 0 Å². The quantitative estimate of drug-likeness (QED) is 0.875. The second-order valence-electron chi connectivity index (χ2n) is 5.43. The van der Waals surface area contributed by atoms with Crippen LogP contribution in [0, 0.1) is 6.92 Å². The maximum atomic E-state index is 10.8. The lowest BCUT2D eigenvalue weighted by Crippen LogP contribution is -2.33. The molecule has 2 nitrogen and oxygen atoms in total. The lowest BCUT2D eigenvalue weighted by Gasteiger charge is -2.27. The number of thiophene rings is 1. The summed E-state index contributed by atoms with van der Waals surface area (Å²) in [6.45, 7) is 8.70. The Balaban J connectivity index is 2.11. The van der Waals surface area contributed by atoms with Crippen LogP contribution < -0.4 is 0 Å². The van der Waals surface area contributed by atoms with Crippen LogP contribution >= 0.6 is 11.3 Å². The van der Waals surface area contributed by atoms with Gasteiger partial charge in [0.25, 0.3) is 0 Å². The maximum absolute atomic E-state index is 10.8. The Kier molecular flexibility index (Phi) is 3.91. The van der Waals surface area contributed by atoms with E-state index in [1.165, 1.54) is 4.88 Å². The van der Waals surface area contributed by atoms with Crippen molar-refractivity contribution in [3.63, 3.8) is 0 Å². The standard InChI is InChI=1S/C14H23NOS/c1-11(2)15-9-4-7-14(16,8-10-15)13-6-5-12(3)17-13/h5-6,11,16H,4,7-10H2,1-3H3. The Morgan fingerprint density at radius 1 is 1.29 bits per heavy atom. The van der Waals surface area contributed by atoms with E-state index in [1.807, 2.05) is 0 Å². The fourth-order valence-corrected chi connectivity index (χ4v) is 3.60.